The number of benzene rings is 2. The highest BCUT2D eigenvalue weighted by atomic mass is 16.5. The molecule has 3 rings (SSSR count). The minimum atomic E-state index is -0.256. The van der Waals surface area contributed by atoms with Crippen LogP contribution in [0.3, 0.4) is 0 Å². The van der Waals surface area contributed by atoms with Crippen molar-refractivity contribution < 1.29 is 19.1 Å². The first kappa shape index (κ1) is 20.1. The van der Waals surface area contributed by atoms with Gasteiger partial charge in [0.25, 0.3) is 5.91 Å². The van der Waals surface area contributed by atoms with Gasteiger partial charge in [0.15, 0.2) is 23.9 Å². The molecule has 150 valence electrons. The van der Waals surface area contributed by atoms with Crippen LogP contribution < -0.4 is 14.8 Å². The molecule has 7 nitrogen and oxygen atoms in total. The van der Waals surface area contributed by atoms with Gasteiger partial charge in [-0.25, -0.2) is 4.98 Å². The summed E-state index contributed by atoms with van der Waals surface area (Å²) in [4.78, 5) is 27.8. The van der Waals surface area contributed by atoms with E-state index in [1.54, 1.807) is 30.7 Å². The van der Waals surface area contributed by atoms with Crippen LogP contribution in [-0.4, -0.2) is 35.0 Å². The number of methoxy groups -OCH3 is 1. The van der Waals surface area contributed by atoms with E-state index in [1.807, 2.05) is 42.0 Å². The molecule has 0 aliphatic heterocycles. The molecule has 1 heterocycles. The SMILES string of the molecule is COc1cc(C(C)=O)ccc1OCC(=O)N[C@@H](C)c1ccc(-n2ccnc2)cc1. The third kappa shape index (κ3) is 5.01. The third-order valence-electron chi connectivity index (χ3n) is 4.50. The zero-order chi connectivity index (χ0) is 20.8. The molecule has 0 aliphatic rings. The van der Waals surface area contributed by atoms with Crippen molar-refractivity contribution in [1.82, 2.24) is 14.9 Å². The molecule has 0 fully saturated rings. The van der Waals surface area contributed by atoms with Gasteiger partial charge in [0.2, 0.25) is 0 Å². The van der Waals surface area contributed by atoms with Crippen molar-refractivity contribution in [3.8, 4) is 17.2 Å². The summed E-state index contributed by atoms with van der Waals surface area (Å²) in [6, 6.07) is 12.6. The lowest BCUT2D eigenvalue weighted by molar-refractivity contribution is -0.123. The molecule has 0 aliphatic carbocycles. The summed E-state index contributed by atoms with van der Waals surface area (Å²) in [6.07, 6.45) is 5.32. The first-order valence-electron chi connectivity index (χ1n) is 9.17. The second kappa shape index (κ2) is 9.05. The van der Waals surface area contributed by atoms with Gasteiger partial charge in [0.1, 0.15) is 0 Å². The van der Waals surface area contributed by atoms with Crippen molar-refractivity contribution in [2.45, 2.75) is 19.9 Å². The minimum Gasteiger partial charge on any atom is -0.493 e. The highest BCUT2D eigenvalue weighted by Crippen LogP contribution is 2.28. The number of Topliss-reactive ketones (excluding diaryl/α,β-unsaturated/α-hetero) is 1. The van der Waals surface area contributed by atoms with Crippen LogP contribution in [0.1, 0.15) is 35.8 Å². The van der Waals surface area contributed by atoms with E-state index in [0.29, 0.717) is 17.1 Å². The number of carbonyl (C=O) groups excluding carboxylic acids is 2. The Morgan fingerprint density at radius 3 is 2.52 bits per heavy atom. The van der Waals surface area contributed by atoms with Gasteiger partial charge < -0.3 is 19.4 Å². The van der Waals surface area contributed by atoms with Crippen LogP contribution >= 0.6 is 0 Å². The van der Waals surface area contributed by atoms with Gasteiger partial charge >= 0.3 is 0 Å². The molecular formula is C22H23N3O4. The van der Waals surface area contributed by atoms with Crippen molar-refractivity contribution in [3.05, 3.63) is 72.3 Å². The highest BCUT2D eigenvalue weighted by molar-refractivity contribution is 5.94. The van der Waals surface area contributed by atoms with Crippen LogP contribution in [-0.2, 0) is 4.79 Å². The van der Waals surface area contributed by atoms with E-state index in [9.17, 15) is 9.59 Å². The van der Waals surface area contributed by atoms with Gasteiger partial charge in [-0.05, 0) is 49.7 Å². The summed E-state index contributed by atoms with van der Waals surface area (Å²) < 4.78 is 12.7. The summed E-state index contributed by atoms with van der Waals surface area (Å²) >= 11 is 0. The molecule has 1 N–H and O–H groups in total. The molecule has 0 unspecified atom stereocenters. The van der Waals surface area contributed by atoms with E-state index in [1.165, 1.54) is 14.0 Å². The number of hydrogen-bond acceptors (Lipinski definition) is 5. The van der Waals surface area contributed by atoms with Gasteiger partial charge in [-0.2, -0.15) is 0 Å². The maximum atomic E-state index is 12.3. The lowest BCUT2D eigenvalue weighted by Gasteiger charge is -2.16. The molecule has 0 bridgehead atoms. The maximum Gasteiger partial charge on any atom is 0.258 e. The minimum absolute atomic E-state index is 0.0690. The first-order valence-corrected chi connectivity index (χ1v) is 9.17. The van der Waals surface area contributed by atoms with Crippen LogP contribution in [0, 0.1) is 0 Å². The molecule has 2 aromatic carbocycles. The molecule has 1 aromatic heterocycles. The zero-order valence-corrected chi connectivity index (χ0v) is 16.6. The molecule has 0 spiro atoms. The summed E-state index contributed by atoms with van der Waals surface area (Å²) in [6.45, 7) is 3.23. The van der Waals surface area contributed by atoms with Crippen LogP contribution in [0.5, 0.6) is 11.5 Å². The third-order valence-corrected chi connectivity index (χ3v) is 4.50. The molecule has 1 amide bonds. The second-order valence-corrected chi connectivity index (χ2v) is 6.56. The number of nitrogens with one attached hydrogen (secondary N) is 1. The molecule has 0 saturated heterocycles. The normalized spacial score (nSPS) is 11.6. The van der Waals surface area contributed by atoms with Gasteiger partial charge in [0.05, 0.1) is 19.5 Å². The fourth-order valence-corrected chi connectivity index (χ4v) is 2.86. The number of ketones is 1. The Morgan fingerprint density at radius 1 is 1.14 bits per heavy atom. The van der Waals surface area contributed by atoms with Crippen LogP contribution in [0.25, 0.3) is 5.69 Å². The number of imidazole rings is 1. The number of aromatic nitrogens is 2. The number of amides is 1. The average molecular weight is 393 g/mol. The average Bonchev–Trinajstić information content (AvgIpc) is 3.27. The van der Waals surface area contributed by atoms with Gasteiger partial charge in [-0.1, -0.05) is 12.1 Å². The number of ether oxygens (including phenoxy) is 2. The predicted molar refractivity (Wildman–Crippen MR) is 109 cm³/mol. The van der Waals surface area contributed by atoms with Crippen LogP contribution in [0.15, 0.2) is 61.2 Å². The molecule has 1 atom stereocenters. The lowest BCUT2D eigenvalue weighted by Crippen LogP contribution is -2.31. The van der Waals surface area contributed by atoms with E-state index < -0.39 is 0 Å². The van der Waals surface area contributed by atoms with Crippen molar-refractivity contribution in [2.24, 2.45) is 0 Å². The summed E-state index contributed by atoms with van der Waals surface area (Å²) in [7, 11) is 1.49. The number of carbonyl (C=O) groups is 2. The zero-order valence-electron chi connectivity index (χ0n) is 16.6. The summed E-state index contributed by atoms with van der Waals surface area (Å²) in [5, 5.41) is 2.91. The largest absolute Gasteiger partial charge is 0.493 e. The summed E-state index contributed by atoms with van der Waals surface area (Å²) in [5.41, 5.74) is 2.49. The molecule has 7 heteroatoms. The van der Waals surface area contributed by atoms with Gasteiger partial charge in [-0.3, -0.25) is 9.59 Å². The molecule has 29 heavy (non-hydrogen) atoms. The van der Waals surface area contributed by atoms with Crippen molar-refractivity contribution in [1.29, 1.82) is 0 Å². The second-order valence-electron chi connectivity index (χ2n) is 6.56. The van der Waals surface area contributed by atoms with Crippen LogP contribution in [0.2, 0.25) is 0 Å². The van der Waals surface area contributed by atoms with E-state index in [2.05, 4.69) is 10.3 Å². The smallest absolute Gasteiger partial charge is 0.258 e. The van der Waals surface area contributed by atoms with Gasteiger partial charge in [-0.15, -0.1) is 0 Å². The Labute approximate surface area is 169 Å². The lowest BCUT2D eigenvalue weighted by atomic mass is 10.1. The van der Waals surface area contributed by atoms with E-state index in [-0.39, 0.29) is 24.3 Å². The number of hydrogen-bond donors (Lipinski definition) is 1. The predicted octanol–water partition coefficient (Wildman–Crippen LogP) is 3.34. The van der Waals surface area contributed by atoms with E-state index >= 15 is 0 Å². The summed E-state index contributed by atoms with van der Waals surface area (Å²) in [5.74, 6) is 0.494. The Kier molecular flexibility index (Phi) is 6.29. The highest BCUT2D eigenvalue weighted by Gasteiger charge is 2.13. The Hall–Kier alpha value is -3.61. The Morgan fingerprint density at radius 2 is 1.90 bits per heavy atom. The Bertz CT molecular complexity index is 982. The van der Waals surface area contributed by atoms with Crippen molar-refractivity contribution in [3.63, 3.8) is 0 Å². The fraction of sp³-hybridized carbons (Fsp3) is 0.227. The molecule has 3 aromatic rings. The first-order chi connectivity index (χ1) is 14.0. The van der Waals surface area contributed by atoms with Crippen LogP contribution in [0.4, 0.5) is 0 Å². The monoisotopic (exact) mass is 393 g/mol. The Balaban J connectivity index is 1.57. The molecule has 0 radical (unpaired) electrons. The topological polar surface area (TPSA) is 82.5 Å². The standard InChI is InChI=1S/C22H23N3O4/c1-15(17-4-7-19(8-5-17)25-11-10-23-14-25)24-22(27)13-29-20-9-6-18(16(2)26)12-21(20)28-3/h4-12,14-15H,13H2,1-3H3,(H,24,27)/t15-/m0/s1. The molecular weight excluding hydrogens is 370 g/mol. The van der Waals surface area contributed by atoms with Crippen molar-refractivity contribution in [2.75, 3.05) is 13.7 Å². The fourth-order valence-electron chi connectivity index (χ4n) is 2.86. The van der Waals surface area contributed by atoms with E-state index in [0.717, 1.165) is 11.3 Å². The number of nitrogens with zero attached hydrogens (tertiary/aromatic N) is 2. The molecule has 0 saturated carbocycles. The maximum absolute atomic E-state index is 12.3. The number of rotatable bonds is 8. The van der Waals surface area contributed by atoms with Gasteiger partial charge in [0, 0.05) is 23.6 Å². The van der Waals surface area contributed by atoms with Crippen molar-refractivity contribution >= 4 is 11.7 Å². The van der Waals surface area contributed by atoms with E-state index in [4.69, 9.17) is 9.47 Å². The quantitative estimate of drug-likeness (QED) is 0.594.